The number of aromatic nitrogens is 4. The highest BCUT2D eigenvalue weighted by Gasteiger charge is 2.25. The van der Waals surface area contributed by atoms with Crippen molar-refractivity contribution in [3.05, 3.63) is 98.4 Å². The van der Waals surface area contributed by atoms with Crippen LogP contribution in [0.1, 0.15) is 31.5 Å². The smallest absolute Gasteiger partial charge is 0.265 e. The molecular formula is C29H27ClN6O3. The van der Waals surface area contributed by atoms with Gasteiger partial charge in [-0.25, -0.2) is 9.97 Å². The Morgan fingerprint density at radius 1 is 1.03 bits per heavy atom. The van der Waals surface area contributed by atoms with Gasteiger partial charge in [-0.15, -0.1) is 0 Å². The van der Waals surface area contributed by atoms with Crippen LogP contribution in [0.4, 0.5) is 11.5 Å². The lowest BCUT2D eigenvalue weighted by molar-refractivity contribution is 0.0905. The van der Waals surface area contributed by atoms with E-state index in [1.807, 2.05) is 55.5 Å². The summed E-state index contributed by atoms with van der Waals surface area (Å²) in [4.78, 5) is 38.5. The topological polar surface area (TPSA) is 114 Å². The number of fused-ring (bicyclic) bond motifs is 2. The Kier molecular flexibility index (Phi) is 6.76. The van der Waals surface area contributed by atoms with Crippen molar-refractivity contribution in [2.45, 2.75) is 31.8 Å². The maximum Gasteiger partial charge on any atom is 0.265 e. The van der Waals surface area contributed by atoms with Crippen LogP contribution in [0.25, 0.3) is 27.5 Å². The normalized spacial score (nSPS) is 14.9. The molecule has 1 fully saturated rings. The number of H-pyrrole nitrogens is 1. The van der Waals surface area contributed by atoms with Gasteiger partial charge in [0.1, 0.15) is 23.2 Å². The molecule has 0 unspecified atom stereocenters. The minimum absolute atomic E-state index is 0.190. The Morgan fingerprint density at radius 3 is 2.62 bits per heavy atom. The molecule has 198 valence electrons. The maximum absolute atomic E-state index is 14.3. The van der Waals surface area contributed by atoms with Gasteiger partial charge in [0.15, 0.2) is 5.43 Å². The van der Waals surface area contributed by atoms with Crippen molar-refractivity contribution in [1.82, 2.24) is 19.5 Å². The first-order chi connectivity index (χ1) is 19.0. The van der Waals surface area contributed by atoms with E-state index in [9.17, 15) is 9.59 Å². The molecule has 2 aromatic carbocycles. The Hall–Kier alpha value is -4.21. The summed E-state index contributed by atoms with van der Waals surface area (Å²) in [5, 5.41) is 8.84. The second-order valence-corrected chi connectivity index (χ2v) is 9.97. The number of benzene rings is 2. The molecule has 10 heteroatoms. The van der Waals surface area contributed by atoms with Crippen LogP contribution in [0.2, 0.25) is 5.02 Å². The fourth-order valence-corrected chi connectivity index (χ4v) is 5.62. The summed E-state index contributed by atoms with van der Waals surface area (Å²) in [5.74, 6) is 0.354. The van der Waals surface area contributed by atoms with Gasteiger partial charge in [-0.2, -0.15) is 0 Å². The molecule has 0 amide bonds. The van der Waals surface area contributed by atoms with Crippen molar-refractivity contribution in [2.75, 3.05) is 23.8 Å². The molecular weight excluding hydrogens is 516 g/mol. The lowest BCUT2D eigenvalue weighted by Gasteiger charge is -2.26. The van der Waals surface area contributed by atoms with Gasteiger partial charge < -0.3 is 20.4 Å². The largest absolute Gasteiger partial charge is 0.381 e. The number of halogens is 1. The van der Waals surface area contributed by atoms with Crippen LogP contribution in [0, 0.1) is 0 Å². The second-order valence-electron chi connectivity index (χ2n) is 9.59. The summed E-state index contributed by atoms with van der Waals surface area (Å²) in [6.07, 6.45) is 4.65. The minimum Gasteiger partial charge on any atom is -0.381 e. The summed E-state index contributed by atoms with van der Waals surface area (Å²) < 4.78 is 7.15. The number of hydrogen-bond acceptors (Lipinski definition) is 7. The molecule has 3 aromatic heterocycles. The Bertz CT molecular complexity index is 1780. The third kappa shape index (κ3) is 4.64. The molecule has 1 atom stereocenters. The molecule has 0 spiro atoms. The number of hydrogen-bond donors (Lipinski definition) is 3. The van der Waals surface area contributed by atoms with Crippen LogP contribution < -0.4 is 21.6 Å². The van der Waals surface area contributed by atoms with Crippen LogP contribution in [-0.2, 0) is 4.74 Å². The van der Waals surface area contributed by atoms with Crippen LogP contribution in [0.3, 0.4) is 0 Å². The highest BCUT2D eigenvalue weighted by Crippen LogP contribution is 2.35. The first kappa shape index (κ1) is 25.1. The van der Waals surface area contributed by atoms with Gasteiger partial charge >= 0.3 is 0 Å². The average molecular weight is 543 g/mol. The maximum atomic E-state index is 14.3. The Labute approximate surface area is 228 Å². The van der Waals surface area contributed by atoms with Gasteiger partial charge in [0.25, 0.3) is 5.56 Å². The van der Waals surface area contributed by atoms with E-state index in [0.29, 0.717) is 57.2 Å². The van der Waals surface area contributed by atoms with Gasteiger partial charge in [-0.3, -0.25) is 14.2 Å². The first-order valence-corrected chi connectivity index (χ1v) is 13.3. The first-order valence-electron chi connectivity index (χ1n) is 12.9. The predicted octanol–water partition coefficient (Wildman–Crippen LogP) is 5.04. The van der Waals surface area contributed by atoms with E-state index < -0.39 is 6.04 Å². The quantitative estimate of drug-likeness (QED) is 0.275. The van der Waals surface area contributed by atoms with E-state index >= 15 is 0 Å². The summed E-state index contributed by atoms with van der Waals surface area (Å²) in [6, 6.07) is 16.2. The van der Waals surface area contributed by atoms with E-state index in [2.05, 4.69) is 25.6 Å². The average Bonchev–Trinajstić information content (AvgIpc) is 2.96. The van der Waals surface area contributed by atoms with Crippen LogP contribution in [-0.4, -0.2) is 38.8 Å². The molecule has 5 aromatic rings. The van der Waals surface area contributed by atoms with Crippen molar-refractivity contribution in [2.24, 2.45) is 0 Å². The number of pyridine rings is 2. The molecule has 3 N–H and O–H groups in total. The predicted molar refractivity (Wildman–Crippen MR) is 154 cm³/mol. The molecule has 4 heterocycles. The second kappa shape index (κ2) is 10.5. The molecule has 0 aliphatic carbocycles. The zero-order valence-electron chi connectivity index (χ0n) is 21.3. The van der Waals surface area contributed by atoms with Crippen LogP contribution in [0.15, 0.2) is 76.7 Å². The van der Waals surface area contributed by atoms with Crippen molar-refractivity contribution >= 4 is 44.9 Å². The zero-order valence-corrected chi connectivity index (χ0v) is 22.0. The summed E-state index contributed by atoms with van der Waals surface area (Å²) in [6.45, 7) is 3.26. The molecule has 0 bridgehead atoms. The fourth-order valence-electron chi connectivity index (χ4n) is 5.21. The van der Waals surface area contributed by atoms with Gasteiger partial charge in [-0.05, 0) is 38.0 Å². The van der Waals surface area contributed by atoms with E-state index in [0.717, 1.165) is 18.5 Å². The summed E-state index contributed by atoms with van der Waals surface area (Å²) in [7, 11) is 0. The summed E-state index contributed by atoms with van der Waals surface area (Å²) in [5.41, 5.74) is 2.00. The van der Waals surface area contributed by atoms with Crippen molar-refractivity contribution in [1.29, 1.82) is 0 Å². The van der Waals surface area contributed by atoms with E-state index in [1.165, 1.54) is 12.4 Å². The minimum atomic E-state index is -0.500. The highest BCUT2D eigenvalue weighted by atomic mass is 35.5. The molecule has 0 saturated carbocycles. The van der Waals surface area contributed by atoms with E-state index in [4.69, 9.17) is 16.3 Å². The molecule has 0 radical (unpaired) electrons. The monoisotopic (exact) mass is 542 g/mol. The van der Waals surface area contributed by atoms with E-state index in [1.54, 1.807) is 10.8 Å². The molecule has 6 rings (SSSR count). The van der Waals surface area contributed by atoms with Crippen molar-refractivity contribution < 1.29 is 4.74 Å². The lowest BCUT2D eigenvalue weighted by Crippen LogP contribution is -2.30. The Morgan fingerprint density at radius 2 is 1.82 bits per heavy atom. The number of rotatable bonds is 6. The van der Waals surface area contributed by atoms with Crippen molar-refractivity contribution in [3.63, 3.8) is 0 Å². The standard InChI is InChI=1S/C29H27ClN6O3/c1-17(34-28-24-22(37)10-13-31-27(24)32-16-33-28)26-25(30)20-8-5-9-21(35-18-11-14-39-15-12-18)23(20)29(38)36(26)19-6-3-2-4-7-19/h2-10,13,16-18,35H,11-12,14-15H2,1H3,(H2,31,32,33,34,37)/t17-/m0/s1. The van der Waals surface area contributed by atoms with Gasteiger partial charge in [0, 0.05) is 48.3 Å². The van der Waals surface area contributed by atoms with E-state index in [-0.39, 0.29) is 17.0 Å². The third-order valence-electron chi connectivity index (χ3n) is 7.09. The van der Waals surface area contributed by atoms with Crippen LogP contribution in [0.5, 0.6) is 0 Å². The van der Waals surface area contributed by atoms with Gasteiger partial charge in [0.05, 0.1) is 22.1 Å². The Balaban J connectivity index is 1.54. The molecule has 39 heavy (non-hydrogen) atoms. The van der Waals surface area contributed by atoms with Crippen LogP contribution >= 0.6 is 11.6 Å². The fraction of sp³-hybridized carbons (Fsp3) is 0.241. The summed E-state index contributed by atoms with van der Waals surface area (Å²) >= 11 is 7.15. The lowest BCUT2D eigenvalue weighted by atomic mass is 10.0. The molecule has 1 saturated heterocycles. The third-order valence-corrected chi connectivity index (χ3v) is 7.49. The van der Waals surface area contributed by atoms with Gasteiger partial charge in [-0.1, -0.05) is 41.9 Å². The number of aromatic amines is 1. The van der Waals surface area contributed by atoms with Gasteiger partial charge in [0.2, 0.25) is 0 Å². The highest BCUT2D eigenvalue weighted by molar-refractivity contribution is 6.36. The number of para-hydroxylation sites is 1. The number of nitrogens with one attached hydrogen (secondary N) is 3. The molecule has 1 aliphatic rings. The zero-order chi connectivity index (χ0) is 26.9. The van der Waals surface area contributed by atoms with Crippen molar-refractivity contribution in [3.8, 4) is 5.69 Å². The SMILES string of the molecule is C[C@H](Nc1ncnc2[nH]ccc(=O)c12)c1c(Cl)c2cccc(NC3CCOCC3)c2c(=O)n1-c1ccccc1. The number of ether oxygens (including phenoxy) is 1. The molecule has 9 nitrogen and oxygen atoms in total. The molecule has 1 aliphatic heterocycles. The number of nitrogens with zero attached hydrogens (tertiary/aromatic N) is 3. The number of anilines is 2.